The predicted molar refractivity (Wildman–Crippen MR) is 80.5 cm³/mol. The minimum absolute atomic E-state index is 0.612. The molecule has 108 valence electrons. The minimum atomic E-state index is 0.612. The summed E-state index contributed by atoms with van der Waals surface area (Å²) in [5.74, 6) is 1.78. The first kappa shape index (κ1) is 14.9. The molecule has 1 heterocycles. The highest BCUT2D eigenvalue weighted by molar-refractivity contribution is 7.99. The first-order chi connectivity index (χ1) is 9.22. The lowest BCUT2D eigenvalue weighted by Crippen LogP contribution is -2.42. The lowest BCUT2D eigenvalue weighted by molar-refractivity contribution is 0.295. The van der Waals surface area contributed by atoms with Crippen LogP contribution < -0.4 is 5.32 Å². The number of aromatic nitrogens is 3. The van der Waals surface area contributed by atoms with Crippen LogP contribution in [0.4, 0.5) is 0 Å². The summed E-state index contributed by atoms with van der Waals surface area (Å²) in [5, 5.41) is 12.4. The van der Waals surface area contributed by atoms with E-state index in [9.17, 15) is 0 Å². The third-order valence-electron chi connectivity index (χ3n) is 3.97. The van der Waals surface area contributed by atoms with Gasteiger partial charge in [-0.15, -0.1) is 5.10 Å². The summed E-state index contributed by atoms with van der Waals surface area (Å²) >= 11 is 1.85. The molecule has 0 amide bonds. The summed E-state index contributed by atoms with van der Waals surface area (Å²) < 4.78 is 0. The van der Waals surface area contributed by atoms with E-state index >= 15 is 0 Å². The number of rotatable bonds is 6. The fraction of sp³-hybridized carbons (Fsp3) is 0.857. The molecule has 4 nitrogen and oxygen atoms in total. The Hall–Kier alpha value is -0.550. The van der Waals surface area contributed by atoms with Gasteiger partial charge in [-0.05, 0) is 45.1 Å². The van der Waals surface area contributed by atoms with Gasteiger partial charge in [-0.25, -0.2) is 4.98 Å². The number of nitrogens with one attached hydrogen (secondary N) is 2. The van der Waals surface area contributed by atoms with Gasteiger partial charge in [-0.1, -0.05) is 32.0 Å². The minimum Gasteiger partial charge on any atom is -0.313 e. The van der Waals surface area contributed by atoms with E-state index < -0.39 is 0 Å². The molecule has 0 radical (unpaired) electrons. The van der Waals surface area contributed by atoms with E-state index in [4.69, 9.17) is 0 Å². The third-order valence-corrected chi connectivity index (χ3v) is 5.18. The second-order valence-corrected chi connectivity index (χ2v) is 6.71. The van der Waals surface area contributed by atoms with E-state index in [1.807, 2.05) is 18.7 Å². The molecule has 0 aliphatic heterocycles. The molecule has 3 unspecified atom stereocenters. The van der Waals surface area contributed by atoms with Gasteiger partial charge in [0.05, 0.1) is 0 Å². The van der Waals surface area contributed by atoms with Crippen LogP contribution in [0.1, 0.15) is 51.8 Å². The number of thioether (sulfide) groups is 1. The van der Waals surface area contributed by atoms with Crippen LogP contribution in [0.15, 0.2) is 5.16 Å². The standard InChI is InChI=1S/C14H26N4S/c1-4-8-15-12-7-6-11(5-2)9-13(12)19-14-16-10(3)17-18-14/h11-13,15H,4-9H2,1-3H3,(H,16,17,18). The van der Waals surface area contributed by atoms with Crippen LogP contribution in [0.25, 0.3) is 0 Å². The number of H-pyrrole nitrogens is 1. The fourth-order valence-electron chi connectivity index (χ4n) is 2.79. The SMILES string of the molecule is CCCNC1CCC(CC)CC1Sc1n[nH]c(C)n1. The van der Waals surface area contributed by atoms with Crippen LogP contribution in [0.5, 0.6) is 0 Å². The highest BCUT2D eigenvalue weighted by atomic mass is 32.2. The van der Waals surface area contributed by atoms with E-state index in [2.05, 4.69) is 34.3 Å². The Bertz CT molecular complexity index is 379. The van der Waals surface area contributed by atoms with Gasteiger partial charge in [0.25, 0.3) is 0 Å². The molecule has 5 heteroatoms. The van der Waals surface area contributed by atoms with Crippen molar-refractivity contribution >= 4 is 11.8 Å². The first-order valence-corrected chi connectivity index (χ1v) is 8.39. The molecule has 3 atom stereocenters. The average molecular weight is 282 g/mol. The highest BCUT2D eigenvalue weighted by Gasteiger charge is 2.30. The number of hydrogen-bond donors (Lipinski definition) is 2. The van der Waals surface area contributed by atoms with Gasteiger partial charge in [0, 0.05) is 11.3 Å². The number of nitrogens with zero attached hydrogens (tertiary/aromatic N) is 2. The van der Waals surface area contributed by atoms with E-state index in [0.717, 1.165) is 23.4 Å². The van der Waals surface area contributed by atoms with Crippen molar-refractivity contribution in [1.29, 1.82) is 0 Å². The highest BCUT2D eigenvalue weighted by Crippen LogP contribution is 2.36. The smallest absolute Gasteiger partial charge is 0.208 e. The Labute approximate surface area is 120 Å². The lowest BCUT2D eigenvalue weighted by atomic mass is 9.84. The molecular weight excluding hydrogens is 256 g/mol. The molecule has 2 rings (SSSR count). The van der Waals surface area contributed by atoms with Crippen LogP contribution in [0, 0.1) is 12.8 Å². The summed E-state index contributed by atoms with van der Waals surface area (Å²) in [6.07, 6.45) is 6.44. The Morgan fingerprint density at radius 3 is 2.84 bits per heavy atom. The number of hydrogen-bond acceptors (Lipinski definition) is 4. The first-order valence-electron chi connectivity index (χ1n) is 7.52. The molecule has 0 saturated heterocycles. The van der Waals surface area contributed by atoms with Crippen molar-refractivity contribution in [2.45, 2.75) is 69.3 Å². The molecule has 1 fully saturated rings. The normalized spacial score (nSPS) is 27.6. The lowest BCUT2D eigenvalue weighted by Gasteiger charge is -2.35. The number of aryl methyl sites for hydroxylation is 1. The second kappa shape index (κ2) is 7.29. The van der Waals surface area contributed by atoms with Crippen molar-refractivity contribution in [3.8, 4) is 0 Å². The molecule has 0 spiro atoms. The van der Waals surface area contributed by atoms with Gasteiger partial charge in [0.2, 0.25) is 5.16 Å². The van der Waals surface area contributed by atoms with Gasteiger partial charge in [-0.3, -0.25) is 5.10 Å². The van der Waals surface area contributed by atoms with E-state index in [1.54, 1.807) is 0 Å². The van der Waals surface area contributed by atoms with Crippen LogP contribution >= 0.6 is 11.8 Å². The van der Waals surface area contributed by atoms with Crippen molar-refractivity contribution in [3.05, 3.63) is 5.82 Å². The molecule has 1 aliphatic carbocycles. The van der Waals surface area contributed by atoms with E-state index in [-0.39, 0.29) is 0 Å². The topological polar surface area (TPSA) is 53.6 Å². The summed E-state index contributed by atoms with van der Waals surface area (Å²) in [7, 11) is 0. The zero-order chi connectivity index (χ0) is 13.7. The maximum Gasteiger partial charge on any atom is 0.208 e. The monoisotopic (exact) mass is 282 g/mol. The molecule has 1 aromatic heterocycles. The van der Waals surface area contributed by atoms with Gasteiger partial charge in [0.1, 0.15) is 5.82 Å². The Morgan fingerprint density at radius 2 is 2.21 bits per heavy atom. The summed E-state index contributed by atoms with van der Waals surface area (Å²) in [4.78, 5) is 4.44. The Balaban J connectivity index is 1.97. The van der Waals surface area contributed by atoms with Crippen LogP contribution in [-0.4, -0.2) is 33.0 Å². The summed E-state index contributed by atoms with van der Waals surface area (Å²) in [5.41, 5.74) is 0. The maximum atomic E-state index is 4.44. The molecule has 0 bridgehead atoms. The van der Waals surface area contributed by atoms with Crippen molar-refractivity contribution in [2.75, 3.05) is 6.54 Å². The summed E-state index contributed by atoms with van der Waals surface area (Å²) in [6.45, 7) is 7.61. The molecule has 0 aromatic carbocycles. The Morgan fingerprint density at radius 1 is 1.37 bits per heavy atom. The van der Waals surface area contributed by atoms with Gasteiger partial charge in [-0.2, -0.15) is 0 Å². The fourth-order valence-corrected chi connectivity index (χ4v) is 4.11. The van der Waals surface area contributed by atoms with E-state index in [1.165, 1.54) is 32.1 Å². The third kappa shape index (κ3) is 4.21. The number of aromatic amines is 1. The van der Waals surface area contributed by atoms with Crippen LogP contribution in [0.3, 0.4) is 0 Å². The molecule has 1 aromatic rings. The zero-order valence-electron chi connectivity index (χ0n) is 12.3. The molecule has 1 saturated carbocycles. The van der Waals surface area contributed by atoms with Gasteiger partial charge < -0.3 is 5.32 Å². The summed E-state index contributed by atoms with van der Waals surface area (Å²) in [6, 6.07) is 0.617. The maximum absolute atomic E-state index is 4.44. The van der Waals surface area contributed by atoms with Gasteiger partial charge >= 0.3 is 0 Å². The van der Waals surface area contributed by atoms with Gasteiger partial charge in [0.15, 0.2) is 0 Å². The van der Waals surface area contributed by atoms with Crippen molar-refractivity contribution in [1.82, 2.24) is 20.5 Å². The largest absolute Gasteiger partial charge is 0.313 e. The molecule has 1 aliphatic rings. The second-order valence-electron chi connectivity index (χ2n) is 5.51. The van der Waals surface area contributed by atoms with E-state index in [0.29, 0.717) is 11.3 Å². The molecular formula is C14H26N4S. The van der Waals surface area contributed by atoms with Crippen LogP contribution in [0.2, 0.25) is 0 Å². The van der Waals surface area contributed by atoms with Crippen molar-refractivity contribution in [2.24, 2.45) is 5.92 Å². The zero-order valence-corrected chi connectivity index (χ0v) is 13.1. The quantitative estimate of drug-likeness (QED) is 0.841. The predicted octanol–water partition coefficient (Wildman–Crippen LogP) is 3.15. The molecule has 19 heavy (non-hydrogen) atoms. The van der Waals surface area contributed by atoms with Crippen molar-refractivity contribution < 1.29 is 0 Å². The molecule has 2 N–H and O–H groups in total. The Kier molecular flexibility index (Phi) is 5.70. The average Bonchev–Trinajstić information content (AvgIpc) is 2.82. The van der Waals surface area contributed by atoms with Crippen LogP contribution in [-0.2, 0) is 0 Å². The van der Waals surface area contributed by atoms with Crippen molar-refractivity contribution in [3.63, 3.8) is 0 Å².